The molecule has 0 bridgehead atoms. The third kappa shape index (κ3) is 2.46. The fourth-order valence-corrected chi connectivity index (χ4v) is 3.49. The highest BCUT2D eigenvalue weighted by Gasteiger charge is 2.27. The number of guanidine groups is 1. The van der Waals surface area contributed by atoms with Crippen LogP contribution in [0.2, 0.25) is 0 Å². The van der Waals surface area contributed by atoms with Crippen molar-refractivity contribution >= 4 is 16.0 Å². The smallest absolute Gasteiger partial charge is 0.214 e. The van der Waals surface area contributed by atoms with E-state index >= 15 is 0 Å². The van der Waals surface area contributed by atoms with Gasteiger partial charge in [0.25, 0.3) is 0 Å². The lowest BCUT2D eigenvalue weighted by molar-refractivity contribution is 0.440. The molecule has 0 aromatic heterocycles. The van der Waals surface area contributed by atoms with Crippen LogP contribution in [0.3, 0.4) is 0 Å². The van der Waals surface area contributed by atoms with Crippen molar-refractivity contribution in [1.82, 2.24) is 14.5 Å². The van der Waals surface area contributed by atoms with Crippen molar-refractivity contribution in [3.05, 3.63) is 0 Å². The largest absolute Gasteiger partial charge is 0.355 e. The van der Waals surface area contributed by atoms with E-state index in [1.165, 1.54) is 0 Å². The summed E-state index contributed by atoms with van der Waals surface area (Å²) in [5.41, 5.74) is 0. The quantitative estimate of drug-likeness (QED) is 0.687. The molecular formula is C9H18N4O2S. The number of sulfonamides is 1. The zero-order valence-corrected chi connectivity index (χ0v) is 10.3. The zero-order chi connectivity index (χ0) is 11.6. The highest BCUT2D eigenvalue weighted by molar-refractivity contribution is 7.89. The Bertz CT molecular complexity index is 379. The van der Waals surface area contributed by atoms with E-state index in [2.05, 4.69) is 10.3 Å². The predicted octanol–water partition coefficient (Wildman–Crippen LogP) is -1.09. The number of hydrogen-bond donors (Lipinski definition) is 1. The maximum atomic E-state index is 11.5. The monoisotopic (exact) mass is 246 g/mol. The average Bonchev–Trinajstić information content (AvgIpc) is 2.75. The Morgan fingerprint density at radius 1 is 1.44 bits per heavy atom. The minimum absolute atomic E-state index is 0.299. The fourth-order valence-electron chi connectivity index (χ4n) is 1.96. The van der Waals surface area contributed by atoms with Gasteiger partial charge in [0, 0.05) is 33.2 Å². The number of nitrogens with zero attached hydrogens (tertiary/aromatic N) is 3. The minimum atomic E-state index is -2.96. The van der Waals surface area contributed by atoms with Gasteiger partial charge in [-0.05, 0) is 6.42 Å². The van der Waals surface area contributed by atoms with Gasteiger partial charge in [0.15, 0.2) is 5.96 Å². The Kier molecular flexibility index (Phi) is 3.34. The Hall–Kier alpha value is -0.820. The average molecular weight is 246 g/mol. The summed E-state index contributed by atoms with van der Waals surface area (Å²) in [5, 5.41) is 3.17. The molecule has 0 radical (unpaired) electrons. The molecule has 2 rings (SSSR count). The molecule has 92 valence electrons. The van der Waals surface area contributed by atoms with Crippen LogP contribution < -0.4 is 5.32 Å². The molecule has 2 aliphatic rings. The van der Waals surface area contributed by atoms with Crippen LogP contribution in [0, 0.1) is 0 Å². The molecule has 0 aromatic rings. The molecule has 16 heavy (non-hydrogen) atoms. The van der Waals surface area contributed by atoms with Gasteiger partial charge in [-0.25, -0.2) is 12.7 Å². The van der Waals surface area contributed by atoms with E-state index < -0.39 is 10.0 Å². The number of hydrogen-bond acceptors (Lipinski definition) is 5. The zero-order valence-electron chi connectivity index (χ0n) is 9.52. The number of nitrogens with one attached hydrogen (secondary N) is 1. The summed E-state index contributed by atoms with van der Waals surface area (Å²) in [5.74, 6) is 1.17. The van der Waals surface area contributed by atoms with Crippen LogP contribution in [0.5, 0.6) is 0 Å². The summed E-state index contributed by atoms with van der Waals surface area (Å²) < 4.78 is 24.6. The van der Waals surface area contributed by atoms with E-state index in [0.717, 1.165) is 25.5 Å². The lowest BCUT2D eigenvalue weighted by Crippen LogP contribution is -2.40. The van der Waals surface area contributed by atoms with E-state index in [1.54, 1.807) is 4.31 Å². The fraction of sp³-hybridized carbons (Fsp3) is 0.889. The van der Waals surface area contributed by atoms with Crippen molar-refractivity contribution in [3.8, 4) is 0 Å². The molecule has 0 aliphatic carbocycles. The summed E-state index contributed by atoms with van der Waals surface area (Å²) >= 11 is 0. The van der Waals surface area contributed by atoms with Gasteiger partial charge in [-0.3, -0.25) is 4.99 Å². The van der Waals surface area contributed by atoms with Crippen LogP contribution in [0.4, 0.5) is 0 Å². The topological polar surface area (TPSA) is 65.0 Å². The third-order valence-corrected chi connectivity index (χ3v) is 4.86. The molecule has 0 aromatic carbocycles. The van der Waals surface area contributed by atoms with Crippen molar-refractivity contribution in [2.24, 2.45) is 4.99 Å². The molecule has 0 atom stereocenters. The summed E-state index contributed by atoms with van der Waals surface area (Å²) in [6.07, 6.45) is 0.753. The molecule has 1 saturated heterocycles. The molecule has 0 unspecified atom stereocenters. The van der Waals surface area contributed by atoms with Crippen LogP contribution in [-0.2, 0) is 10.0 Å². The molecule has 1 N–H and O–H groups in total. The molecule has 0 spiro atoms. The van der Waals surface area contributed by atoms with Gasteiger partial charge in [0.1, 0.15) is 0 Å². The highest BCUT2D eigenvalue weighted by atomic mass is 32.2. The second-order valence-electron chi connectivity index (χ2n) is 4.12. The normalized spacial score (nSPS) is 24.8. The summed E-state index contributed by atoms with van der Waals surface area (Å²) in [6.45, 7) is 3.58. The number of likely N-dealkylation sites (N-methyl/N-ethyl adjacent to an activating group) is 1. The summed E-state index contributed by atoms with van der Waals surface area (Å²) in [6, 6.07) is 0. The lowest BCUT2D eigenvalue weighted by atomic mass is 10.5. The third-order valence-electron chi connectivity index (χ3n) is 2.91. The maximum Gasteiger partial charge on any atom is 0.214 e. The number of aliphatic imine (C=N–C) groups is 1. The van der Waals surface area contributed by atoms with Gasteiger partial charge < -0.3 is 10.2 Å². The molecule has 6 nitrogen and oxygen atoms in total. The van der Waals surface area contributed by atoms with Crippen molar-refractivity contribution < 1.29 is 8.42 Å². The van der Waals surface area contributed by atoms with Crippen LogP contribution in [-0.4, -0.2) is 69.1 Å². The van der Waals surface area contributed by atoms with Gasteiger partial charge in [0.2, 0.25) is 10.0 Å². The van der Waals surface area contributed by atoms with Gasteiger partial charge >= 0.3 is 0 Å². The first-order chi connectivity index (χ1) is 7.59. The lowest BCUT2D eigenvalue weighted by Gasteiger charge is -2.18. The Morgan fingerprint density at radius 3 is 2.81 bits per heavy atom. The van der Waals surface area contributed by atoms with Crippen LogP contribution in [0.1, 0.15) is 6.42 Å². The summed E-state index contributed by atoms with van der Waals surface area (Å²) in [7, 11) is -0.979. The van der Waals surface area contributed by atoms with Gasteiger partial charge in [-0.2, -0.15) is 0 Å². The highest BCUT2D eigenvalue weighted by Crippen LogP contribution is 2.11. The molecule has 0 amide bonds. The predicted molar refractivity (Wildman–Crippen MR) is 62.9 cm³/mol. The molecular weight excluding hydrogens is 228 g/mol. The van der Waals surface area contributed by atoms with Crippen LogP contribution in [0.15, 0.2) is 4.99 Å². The van der Waals surface area contributed by atoms with Gasteiger partial charge in [0.05, 0.1) is 12.3 Å². The second kappa shape index (κ2) is 4.58. The van der Waals surface area contributed by atoms with Crippen LogP contribution >= 0.6 is 0 Å². The van der Waals surface area contributed by atoms with E-state index in [4.69, 9.17) is 0 Å². The molecule has 2 heterocycles. The van der Waals surface area contributed by atoms with Crippen LogP contribution in [0.25, 0.3) is 0 Å². The first kappa shape index (κ1) is 11.7. The molecule has 1 fully saturated rings. The van der Waals surface area contributed by atoms with Gasteiger partial charge in [-0.1, -0.05) is 0 Å². The minimum Gasteiger partial charge on any atom is -0.355 e. The van der Waals surface area contributed by atoms with E-state index in [1.807, 2.05) is 11.9 Å². The van der Waals surface area contributed by atoms with E-state index in [9.17, 15) is 8.42 Å². The van der Waals surface area contributed by atoms with Crippen molar-refractivity contribution in [2.75, 3.05) is 45.5 Å². The van der Waals surface area contributed by atoms with Crippen molar-refractivity contribution in [2.45, 2.75) is 6.42 Å². The first-order valence-electron chi connectivity index (χ1n) is 5.57. The van der Waals surface area contributed by atoms with Crippen molar-refractivity contribution in [3.63, 3.8) is 0 Å². The molecule has 0 saturated carbocycles. The number of rotatable bonds is 3. The standard InChI is InChI=1S/C9H18N4O2S/c1-12-6-3-10-9(12)11-4-7-13-5-2-8-16(13,14)15/h2-8H2,1H3,(H,10,11). The Balaban J connectivity index is 1.76. The Labute approximate surface area is 96.4 Å². The summed E-state index contributed by atoms with van der Waals surface area (Å²) in [4.78, 5) is 6.32. The SMILES string of the molecule is CN1CCN=C1NCCN1CCCS1(=O)=O. The van der Waals surface area contributed by atoms with Gasteiger partial charge in [-0.15, -0.1) is 0 Å². The van der Waals surface area contributed by atoms with E-state index in [-0.39, 0.29) is 0 Å². The molecule has 7 heteroatoms. The second-order valence-corrected chi connectivity index (χ2v) is 6.21. The maximum absolute atomic E-state index is 11.5. The van der Waals surface area contributed by atoms with E-state index in [0.29, 0.717) is 25.4 Å². The Morgan fingerprint density at radius 2 is 2.25 bits per heavy atom. The van der Waals surface area contributed by atoms with Crippen molar-refractivity contribution in [1.29, 1.82) is 0 Å². The first-order valence-corrected chi connectivity index (χ1v) is 7.18. The molecule has 2 aliphatic heterocycles.